The number of benzene rings is 1. The first-order chi connectivity index (χ1) is 14.4. The van der Waals surface area contributed by atoms with E-state index in [-0.39, 0.29) is 30.1 Å². The normalized spacial score (nSPS) is 15.7. The Morgan fingerprint density at radius 1 is 1.23 bits per heavy atom. The molecule has 1 aliphatic heterocycles. The number of nitrogens with one attached hydrogen (secondary N) is 1. The molecule has 5 nitrogen and oxygen atoms in total. The number of hydrogen-bond acceptors (Lipinski definition) is 4. The molecule has 0 saturated carbocycles. The molecule has 1 aliphatic rings. The second kappa shape index (κ2) is 9.33. The van der Waals surface area contributed by atoms with Gasteiger partial charge < -0.3 is 20.4 Å². The van der Waals surface area contributed by atoms with Crippen molar-refractivity contribution in [2.75, 3.05) is 13.1 Å². The van der Waals surface area contributed by atoms with Crippen molar-refractivity contribution in [1.82, 2.24) is 9.88 Å². The van der Waals surface area contributed by atoms with Gasteiger partial charge in [0.2, 0.25) is 0 Å². The Kier molecular flexibility index (Phi) is 6.98. The van der Waals surface area contributed by atoms with Crippen LogP contribution in [-0.4, -0.2) is 29.9 Å². The molecule has 0 bridgehead atoms. The fourth-order valence-electron chi connectivity index (χ4n) is 3.83. The van der Waals surface area contributed by atoms with Crippen LogP contribution < -0.4 is 15.8 Å². The summed E-state index contributed by atoms with van der Waals surface area (Å²) in [5.74, 6) is -0.506. The molecule has 166 valence electrons. The van der Waals surface area contributed by atoms with E-state index >= 15 is 0 Å². The summed E-state index contributed by atoms with van der Waals surface area (Å²) in [4.78, 5) is 12.6. The Balaban J connectivity index is 0.00000272. The molecule has 0 saturated heterocycles. The SMILES string of the molecule is Cl.NCCC[C@H]1CNC(=O)c2cc(-c3cccc(OC(F)(F)F)c3)c(-c3ccsc3)n21. The minimum Gasteiger partial charge on any atom is -0.406 e. The molecule has 3 heterocycles. The fourth-order valence-corrected chi connectivity index (χ4v) is 4.47. The van der Waals surface area contributed by atoms with Crippen molar-refractivity contribution in [1.29, 1.82) is 0 Å². The molecule has 31 heavy (non-hydrogen) atoms. The molecule has 3 aromatic rings. The Bertz CT molecular complexity index is 1050. The van der Waals surface area contributed by atoms with E-state index in [9.17, 15) is 18.0 Å². The van der Waals surface area contributed by atoms with E-state index in [1.165, 1.54) is 29.5 Å². The Hall–Kier alpha value is -2.49. The zero-order valence-electron chi connectivity index (χ0n) is 16.3. The predicted molar refractivity (Wildman–Crippen MR) is 117 cm³/mol. The number of aromatic nitrogens is 1. The maximum absolute atomic E-state index is 12.7. The van der Waals surface area contributed by atoms with E-state index < -0.39 is 6.36 Å². The van der Waals surface area contributed by atoms with Gasteiger partial charge >= 0.3 is 6.36 Å². The summed E-state index contributed by atoms with van der Waals surface area (Å²) >= 11 is 1.52. The highest BCUT2D eigenvalue weighted by Crippen LogP contribution is 2.41. The second-order valence-electron chi connectivity index (χ2n) is 7.04. The number of alkyl halides is 3. The number of ether oxygens (including phenoxy) is 1. The van der Waals surface area contributed by atoms with E-state index in [2.05, 4.69) is 10.1 Å². The highest BCUT2D eigenvalue weighted by Gasteiger charge is 2.32. The number of carbonyl (C=O) groups is 1. The van der Waals surface area contributed by atoms with Crippen molar-refractivity contribution in [2.45, 2.75) is 25.2 Å². The number of nitrogens with zero attached hydrogens (tertiary/aromatic N) is 1. The zero-order chi connectivity index (χ0) is 21.3. The number of carbonyl (C=O) groups excluding carboxylic acids is 1. The summed E-state index contributed by atoms with van der Waals surface area (Å²) in [6.45, 7) is 1.02. The molecule has 0 radical (unpaired) electrons. The first-order valence-corrected chi connectivity index (χ1v) is 10.4. The summed E-state index contributed by atoms with van der Waals surface area (Å²) in [5, 5.41) is 6.80. The molecule has 4 rings (SSSR count). The second-order valence-corrected chi connectivity index (χ2v) is 7.82. The van der Waals surface area contributed by atoms with Gasteiger partial charge in [0.05, 0.1) is 11.7 Å². The van der Waals surface area contributed by atoms with Crippen molar-refractivity contribution in [3.8, 4) is 28.1 Å². The Morgan fingerprint density at radius 2 is 2.03 bits per heavy atom. The van der Waals surface area contributed by atoms with Crippen LogP contribution in [-0.2, 0) is 0 Å². The first-order valence-electron chi connectivity index (χ1n) is 9.49. The van der Waals surface area contributed by atoms with Gasteiger partial charge in [0, 0.05) is 23.1 Å². The lowest BCUT2D eigenvalue weighted by Crippen LogP contribution is -2.39. The lowest BCUT2D eigenvalue weighted by atomic mass is 10.0. The third-order valence-corrected chi connectivity index (χ3v) is 5.73. The molecule has 0 aliphatic carbocycles. The summed E-state index contributed by atoms with van der Waals surface area (Å²) in [6, 6.07) is 9.53. The van der Waals surface area contributed by atoms with Crippen LogP contribution in [0.3, 0.4) is 0 Å². The van der Waals surface area contributed by atoms with Crippen LogP contribution >= 0.6 is 23.7 Å². The number of rotatable bonds is 6. The molecule has 1 amide bonds. The number of hydrogen-bond donors (Lipinski definition) is 2. The summed E-state index contributed by atoms with van der Waals surface area (Å²) in [5.41, 5.74) is 9.13. The van der Waals surface area contributed by atoms with Gasteiger partial charge in [0.15, 0.2) is 0 Å². The molecule has 1 aromatic carbocycles. The van der Waals surface area contributed by atoms with Crippen molar-refractivity contribution in [3.63, 3.8) is 0 Å². The van der Waals surface area contributed by atoms with Crippen molar-refractivity contribution in [2.24, 2.45) is 5.73 Å². The number of fused-ring (bicyclic) bond motifs is 1. The lowest BCUT2D eigenvalue weighted by molar-refractivity contribution is -0.274. The molecule has 0 fully saturated rings. The fraction of sp³-hybridized carbons (Fsp3) is 0.286. The largest absolute Gasteiger partial charge is 0.573 e. The molecular formula is C21H21ClF3N3O2S. The zero-order valence-corrected chi connectivity index (χ0v) is 17.9. The maximum atomic E-state index is 12.7. The quantitative estimate of drug-likeness (QED) is 0.517. The van der Waals surface area contributed by atoms with Crippen LogP contribution in [0.2, 0.25) is 0 Å². The van der Waals surface area contributed by atoms with E-state index in [1.54, 1.807) is 12.1 Å². The minimum atomic E-state index is -4.78. The van der Waals surface area contributed by atoms with E-state index in [1.807, 2.05) is 21.4 Å². The average molecular weight is 472 g/mol. The van der Waals surface area contributed by atoms with Gasteiger partial charge in [-0.1, -0.05) is 12.1 Å². The lowest BCUT2D eigenvalue weighted by Gasteiger charge is -2.28. The summed E-state index contributed by atoms with van der Waals surface area (Å²) in [7, 11) is 0. The highest BCUT2D eigenvalue weighted by atomic mass is 35.5. The van der Waals surface area contributed by atoms with Crippen LogP contribution in [0.1, 0.15) is 29.4 Å². The van der Waals surface area contributed by atoms with Gasteiger partial charge in [0.25, 0.3) is 5.91 Å². The Labute approximate surface area is 187 Å². The minimum absolute atomic E-state index is 0. The number of thiophene rings is 1. The number of nitrogens with two attached hydrogens (primary N) is 1. The third-order valence-electron chi connectivity index (χ3n) is 5.05. The average Bonchev–Trinajstić information content (AvgIpc) is 3.34. The standard InChI is InChI=1S/C21H20F3N3O2S.ClH/c22-21(23,24)29-16-5-1-3-13(9-16)17-10-18-20(28)26-11-15(4-2-7-25)27(18)19(17)14-6-8-30-12-14;/h1,3,5-6,8-10,12,15H,2,4,7,11,25H2,(H,26,28);1H/t15-;/m0./s1. The summed E-state index contributed by atoms with van der Waals surface area (Å²) < 4.78 is 44.2. The molecule has 0 spiro atoms. The van der Waals surface area contributed by atoms with Gasteiger partial charge in [-0.05, 0) is 54.6 Å². The topological polar surface area (TPSA) is 69.3 Å². The molecule has 1 atom stereocenters. The molecular weight excluding hydrogens is 451 g/mol. The van der Waals surface area contributed by atoms with Gasteiger partial charge in [-0.3, -0.25) is 4.79 Å². The predicted octanol–water partition coefficient (Wildman–Crippen LogP) is 5.23. The van der Waals surface area contributed by atoms with E-state index in [4.69, 9.17) is 5.73 Å². The Morgan fingerprint density at radius 3 is 2.71 bits per heavy atom. The number of halogens is 4. The maximum Gasteiger partial charge on any atom is 0.573 e. The van der Waals surface area contributed by atoms with Gasteiger partial charge in [-0.25, -0.2) is 0 Å². The number of amides is 1. The summed E-state index contributed by atoms with van der Waals surface area (Å²) in [6.07, 6.45) is -3.19. The first kappa shape index (κ1) is 23.2. The van der Waals surface area contributed by atoms with Crippen LogP contribution in [0, 0.1) is 0 Å². The van der Waals surface area contributed by atoms with Gasteiger partial charge in [0.1, 0.15) is 11.4 Å². The molecule has 3 N–H and O–H groups in total. The molecule has 10 heteroatoms. The van der Waals surface area contributed by atoms with Crippen LogP contribution in [0.4, 0.5) is 13.2 Å². The van der Waals surface area contributed by atoms with Crippen LogP contribution in [0.25, 0.3) is 22.4 Å². The molecule has 0 unspecified atom stereocenters. The van der Waals surface area contributed by atoms with E-state index in [0.717, 1.165) is 24.1 Å². The smallest absolute Gasteiger partial charge is 0.406 e. The van der Waals surface area contributed by atoms with E-state index in [0.29, 0.717) is 29.9 Å². The van der Waals surface area contributed by atoms with Crippen molar-refractivity contribution in [3.05, 3.63) is 52.9 Å². The van der Waals surface area contributed by atoms with Crippen molar-refractivity contribution >= 4 is 29.7 Å². The monoisotopic (exact) mass is 471 g/mol. The molecule has 2 aromatic heterocycles. The van der Waals surface area contributed by atoms with Crippen LogP contribution in [0.5, 0.6) is 5.75 Å². The van der Waals surface area contributed by atoms with Crippen molar-refractivity contribution < 1.29 is 22.7 Å². The van der Waals surface area contributed by atoms with Gasteiger partial charge in [-0.2, -0.15) is 11.3 Å². The highest BCUT2D eigenvalue weighted by molar-refractivity contribution is 7.08. The van der Waals surface area contributed by atoms with Gasteiger partial charge in [-0.15, -0.1) is 25.6 Å². The van der Waals surface area contributed by atoms with Crippen LogP contribution in [0.15, 0.2) is 47.2 Å². The third kappa shape index (κ3) is 4.89.